The fraction of sp³-hybridized carbons (Fsp3) is 0.535. The van der Waals surface area contributed by atoms with E-state index in [1.807, 2.05) is 78.9 Å². The van der Waals surface area contributed by atoms with Gasteiger partial charge in [-0.25, -0.2) is 14.2 Å². The van der Waals surface area contributed by atoms with E-state index in [4.69, 9.17) is 19.7 Å². The van der Waals surface area contributed by atoms with Crippen LogP contribution >= 0.6 is 0 Å². The second-order valence-electron chi connectivity index (χ2n) is 14.4. The summed E-state index contributed by atoms with van der Waals surface area (Å²) < 4.78 is 18.5. The van der Waals surface area contributed by atoms with Gasteiger partial charge < -0.3 is 9.47 Å². The highest BCUT2D eigenvalue weighted by atomic mass is 16.7. The maximum Gasteiger partial charge on any atom is 0.354 e. The summed E-state index contributed by atoms with van der Waals surface area (Å²) >= 11 is 0. The van der Waals surface area contributed by atoms with E-state index in [0.29, 0.717) is 30.0 Å². The number of fused-ring (bicyclic) bond motifs is 5. The molecule has 9 heteroatoms. The third kappa shape index (κ3) is 6.78. The Bertz CT molecular complexity index is 1720. The second-order valence-corrected chi connectivity index (χ2v) is 14.4. The molecule has 2 aliphatic rings. The largest absolute Gasteiger partial charge is 0.354 e. The molecule has 3 aromatic carbocycles. The number of nitrogens with zero attached hydrogens (tertiary/aromatic N) is 5. The normalized spacial score (nSPS) is 19.7. The molecule has 4 aromatic rings. The van der Waals surface area contributed by atoms with Crippen LogP contribution in [0, 0.1) is 0 Å². The Balaban J connectivity index is 1.43. The SMILES string of the molecule is CCCCCCCCCCOC1(OCCCCCCCCCC)[C@]2(c3ccccc3)N=N[C@@]1(c1ccccc1)n1c(=O)n(-c3ccccc3)c(=O)n12. The van der Waals surface area contributed by atoms with Gasteiger partial charge in [0.25, 0.3) is 17.1 Å². The van der Waals surface area contributed by atoms with E-state index in [0.717, 1.165) is 38.5 Å². The monoisotopic (exact) mass is 707 g/mol. The van der Waals surface area contributed by atoms with Crippen molar-refractivity contribution in [3.05, 3.63) is 123 Å². The number of rotatable bonds is 23. The first kappa shape index (κ1) is 37.7. The van der Waals surface area contributed by atoms with Crippen LogP contribution in [0.1, 0.15) is 128 Å². The lowest BCUT2D eigenvalue weighted by Crippen LogP contribution is -2.63. The van der Waals surface area contributed by atoms with Gasteiger partial charge in [-0.05, 0) is 25.0 Å². The number of hydrogen-bond donors (Lipinski definition) is 0. The summed E-state index contributed by atoms with van der Waals surface area (Å²) in [5.41, 5.74) is -2.45. The zero-order valence-electron chi connectivity index (χ0n) is 31.3. The molecule has 3 heterocycles. The molecule has 0 spiro atoms. The van der Waals surface area contributed by atoms with Crippen molar-refractivity contribution >= 4 is 0 Å². The summed E-state index contributed by atoms with van der Waals surface area (Å²) in [4.78, 5) is 29.7. The van der Waals surface area contributed by atoms with E-state index >= 15 is 0 Å². The van der Waals surface area contributed by atoms with Gasteiger partial charge in [-0.2, -0.15) is 9.36 Å². The lowest BCUT2D eigenvalue weighted by Gasteiger charge is -2.42. The number of aromatic nitrogens is 3. The zero-order chi connectivity index (χ0) is 36.3. The topological polar surface area (TPSA) is 92.1 Å². The van der Waals surface area contributed by atoms with E-state index < -0.39 is 28.5 Å². The summed E-state index contributed by atoms with van der Waals surface area (Å²) in [5.74, 6) is -1.65. The van der Waals surface area contributed by atoms with E-state index in [-0.39, 0.29) is 0 Å². The van der Waals surface area contributed by atoms with Crippen LogP contribution in [-0.4, -0.2) is 32.9 Å². The van der Waals surface area contributed by atoms with Crippen molar-refractivity contribution in [2.24, 2.45) is 10.2 Å². The van der Waals surface area contributed by atoms with Crippen LogP contribution in [0.3, 0.4) is 0 Å². The van der Waals surface area contributed by atoms with Gasteiger partial charge in [-0.15, -0.1) is 10.2 Å². The Morgan fingerprint density at radius 3 is 1.21 bits per heavy atom. The fourth-order valence-electron chi connectivity index (χ4n) is 8.12. The number of benzene rings is 3. The maximum atomic E-state index is 14.9. The van der Waals surface area contributed by atoms with Gasteiger partial charge in [-0.3, -0.25) is 0 Å². The standard InChI is InChI=1S/C43H57N5O4/c1-3-5-7-9-11-13-15-26-34-51-43(52-35-27-16-14-12-10-8-6-4-2)41(36-28-20-17-21-29-36)44-45-42(43,37-30-22-18-23-31-37)48-40(50)46(39(49)47(41)48)38-32-24-19-25-33-38/h17-25,28-33H,3-16,26-27,34-35H2,1-2H3/t41-,42+. The molecular weight excluding hydrogens is 651 g/mol. The third-order valence-electron chi connectivity index (χ3n) is 10.8. The van der Waals surface area contributed by atoms with Gasteiger partial charge in [0.2, 0.25) is 0 Å². The Morgan fingerprint density at radius 2 is 0.827 bits per heavy atom. The molecule has 0 aliphatic carbocycles. The molecule has 2 atom stereocenters. The van der Waals surface area contributed by atoms with Crippen molar-refractivity contribution in [3.63, 3.8) is 0 Å². The highest BCUT2D eigenvalue weighted by Crippen LogP contribution is 2.62. The van der Waals surface area contributed by atoms with Gasteiger partial charge in [0.1, 0.15) is 0 Å². The van der Waals surface area contributed by atoms with Gasteiger partial charge in [0.15, 0.2) is 0 Å². The minimum Gasteiger partial charge on any atom is -0.342 e. The smallest absolute Gasteiger partial charge is 0.342 e. The predicted molar refractivity (Wildman–Crippen MR) is 206 cm³/mol. The summed E-state index contributed by atoms with van der Waals surface area (Å²) in [6.45, 7) is 5.22. The highest BCUT2D eigenvalue weighted by Gasteiger charge is 2.82. The lowest BCUT2D eigenvalue weighted by molar-refractivity contribution is -0.293. The molecule has 9 nitrogen and oxygen atoms in total. The molecule has 0 fully saturated rings. The van der Waals surface area contributed by atoms with Gasteiger partial charge in [-0.1, -0.05) is 183 Å². The van der Waals surface area contributed by atoms with E-state index in [1.54, 1.807) is 12.1 Å². The van der Waals surface area contributed by atoms with Gasteiger partial charge >= 0.3 is 11.4 Å². The molecule has 0 saturated heterocycles. The zero-order valence-corrected chi connectivity index (χ0v) is 31.3. The number of unbranched alkanes of at least 4 members (excludes halogenated alkanes) is 14. The Labute approximate surface area is 308 Å². The van der Waals surface area contributed by atoms with Crippen molar-refractivity contribution in [1.29, 1.82) is 0 Å². The first-order valence-corrected chi connectivity index (χ1v) is 20.0. The summed E-state index contributed by atoms with van der Waals surface area (Å²) in [6, 6.07) is 28.3. The molecule has 52 heavy (non-hydrogen) atoms. The number of ether oxygens (including phenoxy) is 2. The number of hydrogen-bond acceptors (Lipinski definition) is 6. The predicted octanol–water partition coefficient (Wildman–Crippen LogP) is 9.69. The summed E-state index contributed by atoms with van der Waals surface area (Å²) in [5, 5.41) is 10.1. The van der Waals surface area contributed by atoms with Crippen LogP contribution in [0.25, 0.3) is 5.69 Å². The van der Waals surface area contributed by atoms with Crippen LogP contribution in [0.4, 0.5) is 0 Å². The lowest BCUT2D eigenvalue weighted by atomic mass is 9.81. The minimum atomic E-state index is -1.65. The fourth-order valence-corrected chi connectivity index (χ4v) is 8.12. The minimum absolute atomic E-state index is 0.368. The molecule has 0 amide bonds. The highest BCUT2D eigenvalue weighted by molar-refractivity contribution is 5.43. The second kappa shape index (κ2) is 17.6. The van der Waals surface area contributed by atoms with Crippen molar-refractivity contribution in [3.8, 4) is 5.69 Å². The first-order chi connectivity index (χ1) is 25.6. The number of azo groups is 1. The van der Waals surface area contributed by atoms with E-state index in [9.17, 15) is 9.59 Å². The van der Waals surface area contributed by atoms with E-state index in [2.05, 4.69) is 13.8 Å². The Morgan fingerprint density at radius 1 is 0.481 bits per heavy atom. The average molecular weight is 708 g/mol. The van der Waals surface area contributed by atoms with Crippen molar-refractivity contribution in [1.82, 2.24) is 13.9 Å². The van der Waals surface area contributed by atoms with Crippen LogP contribution in [0.5, 0.6) is 0 Å². The average Bonchev–Trinajstić information content (AvgIpc) is 3.71. The first-order valence-electron chi connectivity index (χ1n) is 20.0. The molecular formula is C43H57N5O4. The van der Waals surface area contributed by atoms with Crippen molar-refractivity contribution < 1.29 is 9.47 Å². The summed E-state index contributed by atoms with van der Waals surface area (Å²) in [7, 11) is 0. The summed E-state index contributed by atoms with van der Waals surface area (Å²) in [6.07, 6.45) is 18.4. The van der Waals surface area contributed by atoms with Gasteiger partial charge in [0, 0.05) is 11.1 Å². The molecule has 0 N–H and O–H groups in total. The number of para-hydroxylation sites is 1. The van der Waals surface area contributed by atoms with Crippen LogP contribution in [-0.2, 0) is 20.8 Å². The van der Waals surface area contributed by atoms with E-state index in [1.165, 1.54) is 78.1 Å². The molecule has 0 saturated carbocycles. The Hall–Kier alpha value is -4.08. The molecule has 0 radical (unpaired) electrons. The molecule has 1 aromatic heterocycles. The molecule has 6 rings (SSSR count). The van der Waals surface area contributed by atoms with Crippen LogP contribution < -0.4 is 11.4 Å². The Kier molecular flexibility index (Phi) is 12.8. The third-order valence-corrected chi connectivity index (χ3v) is 10.8. The molecule has 2 bridgehead atoms. The van der Waals surface area contributed by atoms with Crippen LogP contribution in [0.15, 0.2) is 111 Å². The van der Waals surface area contributed by atoms with Crippen molar-refractivity contribution in [2.75, 3.05) is 13.2 Å². The molecule has 2 aliphatic heterocycles. The van der Waals surface area contributed by atoms with Gasteiger partial charge in [0.05, 0.1) is 18.9 Å². The quantitative estimate of drug-likeness (QED) is 0.0567. The van der Waals surface area contributed by atoms with Crippen LogP contribution in [0.2, 0.25) is 0 Å². The molecule has 0 unspecified atom stereocenters. The van der Waals surface area contributed by atoms with Crippen molar-refractivity contribution in [2.45, 2.75) is 134 Å². The maximum absolute atomic E-state index is 14.9. The molecule has 278 valence electrons.